The van der Waals surface area contributed by atoms with E-state index in [0.717, 1.165) is 0 Å². The van der Waals surface area contributed by atoms with Crippen LogP contribution in [0.3, 0.4) is 0 Å². The fourth-order valence-corrected chi connectivity index (χ4v) is 6.58. The van der Waals surface area contributed by atoms with Crippen molar-refractivity contribution in [2.75, 3.05) is 6.61 Å². The number of rotatable bonds is 13. The van der Waals surface area contributed by atoms with Crippen LogP contribution in [0.1, 0.15) is 47.8 Å². The van der Waals surface area contributed by atoms with Gasteiger partial charge in [0.05, 0.1) is 25.0 Å². The Morgan fingerprint density at radius 1 is 1.10 bits per heavy atom. The van der Waals surface area contributed by atoms with E-state index in [1.54, 1.807) is 32.7 Å². The second-order valence-corrected chi connectivity index (χ2v) is 13.3. The van der Waals surface area contributed by atoms with Gasteiger partial charge in [-0.05, 0) is 53.3 Å². The molecule has 0 bridgehead atoms. The number of alkyl halides is 2. The number of aliphatic hydroxyl groups is 2. The number of nitrogens with zero attached hydrogens (tertiary/aromatic N) is 1. The molecule has 0 amide bonds. The Labute approximate surface area is 237 Å². The van der Waals surface area contributed by atoms with E-state index in [2.05, 4.69) is 10.2 Å². The predicted molar refractivity (Wildman–Crippen MR) is 140 cm³/mol. The van der Waals surface area contributed by atoms with Crippen molar-refractivity contribution in [1.29, 1.82) is 0 Å². The maximum Gasteiger partial charge on any atom is 0.330 e. The third kappa shape index (κ3) is 8.44. The van der Waals surface area contributed by atoms with Crippen LogP contribution in [-0.2, 0) is 40.1 Å². The monoisotopic (exact) mass is 634 g/mol. The number of hydrogen-bond donors (Lipinski definition) is 5. The number of aromatic nitrogens is 2. The molecule has 1 aromatic heterocycles. The standard InChI is InChI=1S/C22H34F3N4O10PS/c1-9(2)37-18(33)11(5)27-40(41,28-12(6)19(34)38-10(3)4)36-8-22(20(24)25)15(31)14(30)17(39-22)29-7-13(23)16(32)26-21(29)35/h7,9-12,14-15,17,20,30-31H,8H2,1-6H3,(H,26,32,35)(H2,27,28,41)/t11-,12-,14+,15+,17+,22+/m0/s1. The molecule has 0 aliphatic carbocycles. The predicted octanol–water partition coefficient (Wildman–Crippen LogP) is 0.0307. The maximum absolute atomic E-state index is 14.5. The van der Waals surface area contributed by atoms with Crippen LogP contribution in [0.25, 0.3) is 0 Å². The lowest BCUT2D eigenvalue weighted by atomic mass is 9.96. The Morgan fingerprint density at radius 3 is 2.02 bits per heavy atom. The molecule has 0 radical (unpaired) electrons. The molecule has 234 valence electrons. The highest BCUT2D eigenvalue weighted by Gasteiger charge is 2.61. The highest BCUT2D eigenvalue weighted by Crippen LogP contribution is 2.46. The molecule has 5 N–H and O–H groups in total. The van der Waals surface area contributed by atoms with E-state index < -0.39 is 96.9 Å². The number of halogens is 3. The Morgan fingerprint density at radius 2 is 1.59 bits per heavy atom. The first-order valence-electron chi connectivity index (χ1n) is 12.4. The summed E-state index contributed by atoms with van der Waals surface area (Å²) in [6.45, 7) is 3.91. The number of aliphatic hydroxyl groups excluding tert-OH is 2. The van der Waals surface area contributed by atoms with Gasteiger partial charge in [0.25, 0.3) is 12.0 Å². The van der Waals surface area contributed by atoms with E-state index >= 15 is 0 Å². The van der Waals surface area contributed by atoms with Gasteiger partial charge in [-0.1, -0.05) is 0 Å². The van der Waals surface area contributed by atoms with E-state index in [1.807, 2.05) is 0 Å². The molecule has 41 heavy (non-hydrogen) atoms. The van der Waals surface area contributed by atoms with Crippen molar-refractivity contribution in [2.24, 2.45) is 0 Å². The van der Waals surface area contributed by atoms with E-state index in [1.165, 1.54) is 13.8 Å². The lowest BCUT2D eigenvalue weighted by molar-refractivity contribution is -0.191. The molecule has 0 unspecified atom stereocenters. The van der Waals surface area contributed by atoms with E-state index in [4.69, 9.17) is 30.5 Å². The Bertz CT molecular complexity index is 1230. The average Bonchev–Trinajstić information content (AvgIpc) is 3.10. The zero-order valence-corrected chi connectivity index (χ0v) is 24.7. The molecule has 1 saturated heterocycles. The van der Waals surface area contributed by atoms with Gasteiger partial charge in [-0.15, -0.1) is 0 Å². The van der Waals surface area contributed by atoms with Crippen molar-refractivity contribution in [2.45, 2.75) is 96.3 Å². The summed E-state index contributed by atoms with van der Waals surface area (Å²) in [5.41, 5.74) is -5.77. The van der Waals surface area contributed by atoms with Crippen molar-refractivity contribution in [3.63, 3.8) is 0 Å². The first kappa shape index (κ1) is 35.0. The molecule has 1 aliphatic heterocycles. The van der Waals surface area contributed by atoms with Crippen molar-refractivity contribution >= 4 is 30.3 Å². The number of hydrogen-bond acceptors (Lipinski definition) is 11. The van der Waals surface area contributed by atoms with Gasteiger partial charge in [0, 0.05) is 0 Å². The molecule has 0 saturated carbocycles. The van der Waals surface area contributed by atoms with Crippen molar-refractivity contribution < 1.29 is 51.7 Å². The smallest absolute Gasteiger partial charge is 0.330 e. The molecule has 6 atom stereocenters. The topological polar surface area (TPSA) is 190 Å². The molecule has 0 spiro atoms. The van der Waals surface area contributed by atoms with Crippen molar-refractivity contribution in [3.8, 4) is 0 Å². The van der Waals surface area contributed by atoms with Gasteiger partial charge in [0.15, 0.2) is 18.4 Å². The molecule has 2 heterocycles. The summed E-state index contributed by atoms with van der Waals surface area (Å²) < 4.78 is 64.2. The Kier molecular flexibility index (Phi) is 11.8. The lowest BCUT2D eigenvalue weighted by Gasteiger charge is -2.35. The summed E-state index contributed by atoms with van der Waals surface area (Å²) in [7, 11) is 0. The van der Waals surface area contributed by atoms with E-state index in [-0.39, 0.29) is 4.57 Å². The molecule has 14 nitrogen and oxygen atoms in total. The van der Waals surface area contributed by atoms with Crippen LogP contribution in [0.4, 0.5) is 13.2 Å². The minimum Gasteiger partial charge on any atom is -0.462 e. The summed E-state index contributed by atoms with van der Waals surface area (Å²) in [6.07, 6.45) is -11.0. The summed E-state index contributed by atoms with van der Waals surface area (Å²) in [6, 6.07) is -2.36. The fraction of sp³-hybridized carbons (Fsp3) is 0.727. The van der Waals surface area contributed by atoms with Crippen LogP contribution in [-0.4, -0.2) is 86.8 Å². The molecule has 1 aromatic rings. The summed E-state index contributed by atoms with van der Waals surface area (Å²) >= 11 is 5.50. The molecule has 1 fully saturated rings. The Balaban J connectivity index is 2.42. The van der Waals surface area contributed by atoms with Crippen LogP contribution < -0.4 is 21.4 Å². The van der Waals surface area contributed by atoms with Crippen LogP contribution >= 0.6 is 6.57 Å². The minimum absolute atomic E-state index is 0.287. The van der Waals surface area contributed by atoms with Gasteiger partial charge in [0.1, 0.15) is 24.3 Å². The van der Waals surface area contributed by atoms with E-state index in [9.17, 15) is 42.6 Å². The van der Waals surface area contributed by atoms with Crippen LogP contribution in [0, 0.1) is 5.82 Å². The van der Waals surface area contributed by atoms with Gasteiger partial charge in [-0.3, -0.25) is 23.9 Å². The first-order chi connectivity index (χ1) is 18.8. The van der Waals surface area contributed by atoms with E-state index in [0.29, 0.717) is 6.20 Å². The highest BCUT2D eigenvalue weighted by atomic mass is 32.4. The number of aromatic amines is 1. The number of H-pyrrole nitrogens is 1. The van der Waals surface area contributed by atoms with Gasteiger partial charge in [-0.25, -0.2) is 23.7 Å². The summed E-state index contributed by atoms with van der Waals surface area (Å²) in [5, 5.41) is 26.4. The molecular formula is C22H34F3N4O10PS. The SMILES string of the molecule is CC(C)OC(=O)[C@H](C)NP(=S)(N[C@@H](C)C(=O)OC(C)C)OC[C@@]1(C(F)F)O[C@@H](n2cc(F)c(=O)[nH]c2=O)[C@H](O)[C@H]1O. The molecule has 1 aliphatic rings. The van der Waals surface area contributed by atoms with Crippen LogP contribution in [0.5, 0.6) is 0 Å². The van der Waals surface area contributed by atoms with Gasteiger partial charge in [0.2, 0.25) is 5.82 Å². The zero-order chi connectivity index (χ0) is 31.4. The second-order valence-electron chi connectivity index (χ2n) is 9.84. The molecule has 19 heteroatoms. The average molecular weight is 635 g/mol. The first-order valence-corrected chi connectivity index (χ1v) is 15.1. The Hall–Kier alpha value is -2.18. The number of esters is 2. The lowest BCUT2D eigenvalue weighted by Crippen LogP contribution is -2.53. The van der Waals surface area contributed by atoms with Gasteiger partial charge in [-0.2, -0.15) is 4.39 Å². The quantitative estimate of drug-likeness (QED) is 0.144. The molecule has 2 rings (SSSR count). The molecular weight excluding hydrogens is 600 g/mol. The van der Waals surface area contributed by atoms with Crippen LogP contribution in [0.15, 0.2) is 15.8 Å². The van der Waals surface area contributed by atoms with Crippen molar-refractivity contribution in [3.05, 3.63) is 32.9 Å². The highest BCUT2D eigenvalue weighted by molar-refractivity contribution is 8.10. The molecule has 0 aromatic carbocycles. The number of carbonyl (C=O) groups is 2. The number of nitrogens with one attached hydrogen (secondary N) is 3. The number of carbonyl (C=O) groups excluding carboxylic acids is 2. The fourth-order valence-electron chi connectivity index (χ4n) is 3.63. The zero-order valence-electron chi connectivity index (χ0n) is 23.0. The second kappa shape index (κ2) is 13.9. The number of ether oxygens (including phenoxy) is 3. The van der Waals surface area contributed by atoms with Crippen molar-refractivity contribution in [1.82, 2.24) is 19.7 Å². The van der Waals surface area contributed by atoms with Gasteiger partial charge >= 0.3 is 17.6 Å². The minimum atomic E-state index is -3.87. The van der Waals surface area contributed by atoms with Crippen LogP contribution in [0.2, 0.25) is 0 Å². The normalized spacial score (nSPS) is 24.6. The van der Waals surface area contributed by atoms with Gasteiger partial charge < -0.3 is 28.9 Å². The third-order valence-corrected chi connectivity index (χ3v) is 8.53. The third-order valence-electron chi connectivity index (χ3n) is 5.63. The summed E-state index contributed by atoms with van der Waals surface area (Å²) in [4.78, 5) is 50.0. The maximum atomic E-state index is 14.5. The largest absolute Gasteiger partial charge is 0.462 e. The summed E-state index contributed by atoms with van der Waals surface area (Å²) in [5.74, 6) is -3.06.